The fourth-order valence-corrected chi connectivity index (χ4v) is 2.18. The number of rotatable bonds is 4. The van der Waals surface area contributed by atoms with Crippen LogP contribution >= 0.6 is 0 Å². The molecule has 3 heterocycles. The van der Waals surface area contributed by atoms with Crippen LogP contribution in [0.3, 0.4) is 0 Å². The molecule has 0 bridgehead atoms. The molecule has 0 saturated heterocycles. The molecule has 0 aliphatic rings. The molecule has 3 aromatic rings. The van der Waals surface area contributed by atoms with Crippen LogP contribution in [0.2, 0.25) is 0 Å². The van der Waals surface area contributed by atoms with E-state index in [1.807, 2.05) is 6.92 Å². The summed E-state index contributed by atoms with van der Waals surface area (Å²) in [5.41, 5.74) is 1.20. The third-order valence-electron chi connectivity index (χ3n) is 3.34. The Bertz CT molecular complexity index is 928. The van der Waals surface area contributed by atoms with Gasteiger partial charge < -0.3 is 4.74 Å². The van der Waals surface area contributed by atoms with Gasteiger partial charge in [0.25, 0.3) is 11.5 Å². The van der Waals surface area contributed by atoms with E-state index in [4.69, 9.17) is 4.74 Å². The number of aromatic nitrogens is 4. The Balaban J connectivity index is 1.92. The molecule has 23 heavy (non-hydrogen) atoms. The molecule has 0 spiro atoms. The van der Waals surface area contributed by atoms with E-state index in [9.17, 15) is 9.59 Å². The molecule has 2 N–H and O–H groups in total. The lowest BCUT2D eigenvalue weighted by Gasteiger charge is -2.06. The van der Waals surface area contributed by atoms with Gasteiger partial charge in [-0.1, -0.05) is 6.92 Å². The van der Waals surface area contributed by atoms with Gasteiger partial charge in [-0.25, -0.2) is 9.97 Å². The van der Waals surface area contributed by atoms with Crippen molar-refractivity contribution in [3.63, 3.8) is 0 Å². The highest BCUT2D eigenvalue weighted by Gasteiger charge is 2.14. The largest absolute Gasteiger partial charge is 0.497 e. The lowest BCUT2D eigenvalue weighted by atomic mass is 10.3. The number of anilines is 1. The smallest absolute Gasteiger partial charge is 0.276 e. The number of pyridine rings is 1. The highest BCUT2D eigenvalue weighted by molar-refractivity contribution is 6.02. The van der Waals surface area contributed by atoms with Gasteiger partial charge in [0, 0.05) is 24.0 Å². The molecular formula is C15H15N5O3. The second-order valence-corrected chi connectivity index (χ2v) is 4.83. The Morgan fingerprint density at radius 3 is 3.00 bits per heavy atom. The van der Waals surface area contributed by atoms with E-state index in [0.29, 0.717) is 29.2 Å². The quantitative estimate of drug-likeness (QED) is 0.754. The first-order valence-electron chi connectivity index (χ1n) is 7.03. The number of nitrogens with one attached hydrogen (secondary N) is 2. The first kappa shape index (κ1) is 14.8. The fraction of sp³-hybridized carbons (Fsp3) is 0.200. The van der Waals surface area contributed by atoms with Crippen LogP contribution in [-0.2, 0) is 6.42 Å². The minimum atomic E-state index is -0.418. The monoisotopic (exact) mass is 313 g/mol. The van der Waals surface area contributed by atoms with Gasteiger partial charge in [-0.15, -0.1) is 0 Å². The summed E-state index contributed by atoms with van der Waals surface area (Å²) in [5.74, 6) is 0.346. The maximum atomic E-state index is 12.4. The Labute approximate surface area is 131 Å². The topological polar surface area (TPSA) is 101 Å². The summed E-state index contributed by atoms with van der Waals surface area (Å²) in [6.07, 6.45) is 3.74. The van der Waals surface area contributed by atoms with Crippen LogP contribution in [0.25, 0.3) is 5.65 Å². The number of aromatic amines is 1. The van der Waals surface area contributed by atoms with Gasteiger partial charge in [0.1, 0.15) is 17.1 Å². The number of fused-ring (bicyclic) bond motifs is 1. The van der Waals surface area contributed by atoms with E-state index in [2.05, 4.69) is 20.3 Å². The van der Waals surface area contributed by atoms with Gasteiger partial charge in [-0.05, 0) is 12.5 Å². The number of aryl methyl sites for hydroxylation is 1. The summed E-state index contributed by atoms with van der Waals surface area (Å²) in [4.78, 5) is 34.8. The van der Waals surface area contributed by atoms with E-state index >= 15 is 0 Å². The maximum Gasteiger partial charge on any atom is 0.276 e. The van der Waals surface area contributed by atoms with Crippen LogP contribution in [-0.4, -0.2) is 32.4 Å². The number of hydrogen-bond acceptors (Lipinski definition) is 5. The number of carbonyl (C=O) groups excluding carboxylic acids is 1. The van der Waals surface area contributed by atoms with Crippen molar-refractivity contribution in [2.45, 2.75) is 13.3 Å². The molecule has 0 radical (unpaired) electrons. The number of imidazole rings is 1. The second kappa shape index (κ2) is 5.91. The summed E-state index contributed by atoms with van der Waals surface area (Å²) >= 11 is 0. The number of nitrogens with zero attached hydrogens (tertiary/aromatic N) is 3. The normalized spacial score (nSPS) is 10.7. The molecule has 3 rings (SSSR count). The lowest BCUT2D eigenvalue weighted by molar-refractivity contribution is 0.102. The number of H-pyrrole nitrogens is 1. The number of amides is 1. The Hall–Kier alpha value is -3.16. The zero-order valence-corrected chi connectivity index (χ0v) is 12.7. The van der Waals surface area contributed by atoms with E-state index in [1.54, 1.807) is 29.8 Å². The molecule has 0 unspecified atom stereocenters. The summed E-state index contributed by atoms with van der Waals surface area (Å²) in [5, 5.41) is 2.58. The zero-order chi connectivity index (χ0) is 16.4. The van der Waals surface area contributed by atoms with E-state index in [0.717, 1.165) is 0 Å². The van der Waals surface area contributed by atoms with Crippen LogP contribution in [0.15, 0.2) is 35.4 Å². The first-order valence-corrected chi connectivity index (χ1v) is 7.03. The Morgan fingerprint density at radius 1 is 1.43 bits per heavy atom. The summed E-state index contributed by atoms with van der Waals surface area (Å²) in [6.45, 7) is 1.88. The third kappa shape index (κ3) is 2.91. The van der Waals surface area contributed by atoms with Crippen LogP contribution in [0, 0.1) is 0 Å². The van der Waals surface area contributed by atoms with E-state index in [-0.39, 0.29) is 11.5 Å². The van der Waals surface area contributed by atoms with Gasteiger partial charge in [-0.3, -0.25) is 24.3 Å². The third-order valence-corrected chi connectivity index (χ3v) is 3.34. The molecule has 0 saturated carbocycles. The molecular weight excluding hydrogens is 298 g/mol. The number of ether oxygens (including phenoxy) is 1. The molecule has 0 aliphatic heterocycles. The number of hydrogen-bond donors (Lipinski definition) is 2. The highest BCUT2D eigenvalue weighted by atomic mass is 16.5. The fourth-order valence-electron chi connectivity index (χ4n) is 2.18. The predicted molar refractivity (Wildman–Crippen MR) is 83.9 cm³/mol. The van der Waals surface area contributed by atoms with Crippen LogP contribution in [0.4, 0.5) is 5.95 Å². The number of carbonyl (C=O) groups is 1. The molecule has 0 fully saturated rings. The summed E-state index contributed by atoms with van der Waals surface area (Å²) in [6, 6.07) is 4.84. The second-order valence-electron chi connectivity index (χ2n) is 4.83. The van der Waals surface area contributed by atoms with Crippen LogP contribution < -0.4 is 15.6 Å². The summed E-state index contributed by atoms with van der Waals surface area (Å²) in [7, 11) is 1.56. The minimum absolute atomic E-state index is 0.114. The maximum absolute atomic E-state index is 12.4. The van der Waals surface area contributed by atoms with Gasteiger partial charge in [-0.2, -0.15) is 0 Å². The van der Waals surface area contributed by atoms with Crippen molar-refractivity contribution in [2.75, 3.05) is 12.4 Å². The van der Waals surface area contributed by atoms with Gasteiger partial charge in [0.05, 0.1) is 13.3 Å². The van der Waals surface area contributed by atoms with Gasteiger partial charge >= 0.3 is 0 Å². The van der Waals surface area contributed by atoms with Crippen molar-refractivity contribution < 1.29 is 9.53 Å². The van der Waals surface area contributed by atoms with Crippen molar-refractivity contribution in [3.05, 3.63) is 52.3 Å². The Morgan fingerprint density at radius 2 is 2.26 bits per heavy atom. The molecule has 118 valence electrons. The number of methoxy groups -OCH3 is 1. The van der Waals surface area contributed by atoms with Crippen molar-refractivity contribution in [1.29, 1.82) is 0 Å². The molecule has 0 aliphatic carbocycles. The zero-order valence-electron chi connectivity index (χ0n) is 12.7. The van der Waals surface area contributed by atoms with E-state index in [1.165, 1.54) is 12.3 Å². The molecule has 8 heteroatoms. The molecule has 8 nitrogen and oxygen atoms in total. The minimum Gasteiger partial charge on any atom is -0.497 e. The van der Waals surface area contributed by atoms with Crippen LogP contribution in [0.1, 0.15) is 23.1 Å². The molecule has 3 aromatic heterocycles. The van der Waals surface area contributed by atoms with Crippen molar-refractivity contribution in [2.24, 2.45) is 0 Å². The highest BCUT2D eigenvalue weighted by Crippen LogP contribution is 2.15. The van der Waals surface area contributed by atoms with E-state index < -0.39 is 5.91 Å². The van der Waals surface area contributed by atoms with Gasteiger partial charge in [0.15, 0.2) is 0 Å². The Kier molecular flexibility index (Phi) is 3.80. The molecule has 1 amide bonds. The van der Waals surface area contributed by atoms with Crippen molar-refractivity contribution in [3.8, 4) is 5.75 Å². The van der Waals surface area contributed by atoms with Crippen LogP contribution in [0.5, 0.6) is 5.75 Å². The average molecular weight is 313 g/mol. The SMILES string of the molecule is CCc1cc(=O)[nH]c(NC(=O)c2cnc3cc(OC)ccn23)n1. The van der Waals surface area contributed by atoms with Crippen molar-refractivity contribution in [1.82, 2.24) is 19.4 Å². The predicted octanol–water partition coefficient (Wildman–Crippen LogP) is 1.24. The van der Waals surface area contributed by atoms with Crippen molar-refractivity contribution >= 4 is 17.5 Å². The molecule has 0 atom stereocenters. The average Bonchev–Trinajstić information content (AvgIpc) is 2.97. The standard InChI is InChI=1S/C15H15N5O3/c1-3-9-6-13(21)18-15(17-9)19-14(22)11-8-16-12-7-10(23-2)4-5-20(11)12/h4-8H,3H2,1-2H3,(H2,17,18,19,21,22). The van der Waals surface area contributed by atoms with Gasteiger partial charge in [0.2, 0.25) is 5.95 Å². The summed E-state index contributed by atoms with van der Waals surface area (Å²) < 4.78 is 6.75. The molecule has 0 aromatic carbocycles. The first-order chi connectivity index (χ1) is 11.1. The lowest BCUT2D eigenvalue weighted by Crippen LogP contribution is -2.20.